The molecule has 9 nitrogen and oxygen atoms in total. The molecular formula is C28H34N6O3. The Hall–Kier alpha value is -3.49. The third-order valence-corrected chi connectivity index (χ3v) is 8.42. The van der Waals surface area contributed by atoms with E-state index in [1.165, 1.54) is 0 Å². The molecular weight excluding hydrogens is 468 g/mol. The number of hydrogen-bond donors (Lipinski definition) is 2. The van der Waals surface area contributed by atoms with Crippen molar-refractivity contribution >= 4 is 28.5 Å². The van der Waals surface area contributed by atoms with Gasteiger partial charge in [-0.05, 0) is 82.9 Å². The number of nitrogens with one attached hydrogen (secondary N) is 2. The van der Waals surface area contributed by atoms with E-state index < -0.39 is 0 Å². The zero-order chi connectivity index (χ0) is 25.9. The molecule has 37 heavy (non-hydrogen) atoms. The molecule has 2 amide bonds. The van der Waals surface area contributed by atoms with Crippen molar-refractivity contribution < 1.29 is 14.4 Å². The second kappa shape index (κ2) is 8.53. The Morgan fingerprint density at radius 3 is 2.57 bits per heavy atom. The van der Waals surface area contributed by atoms with Crippen molar-refractivity contribution in [2.45, 2.75) is 77.3 Å². The number of nitrogens with zero attached hydrogens (tertiary/aromatic N) is 4. The lowest BCUT2D eigenvalue weighted by Gasteiger charge is -2.43. The van der Waals surface area contributed by atoms with Crippen LogP contribution in [0.15, 0.2) is 24.4 Å². The van der Waals surface area contributed by atoms with E-state index in [0.717, 1.165) is 49.6 Å². The minimum atomic E-state index is -0.198. The standard InChI is InChI=1S/C28H34N6O3/c1-27(2,3)34-16-18-14-28(15-22(35)23(18)32-34)9-11-33(12-10-28)26(37)17-7-8-21-20(13-17)24(31-30-21)25(36)29-19-5-4-6-19/h7-8,13,16,19H,4-6,9-12,14-15H2,1-3H3,(H,29,36)(H,30,31). The van der Waals surface area contributed by atoms with Crippen molar-refractivity contribution in [3.8, 4) is 0 Å². The molecule has 3 aromatic rings. The molecule has 2 N–H and O–H groups in total. The van der Waals surface area contributed by atoms with E-state index >= 15 is 0 Å². The number of amides is 2. The van der Waals surface area contributed by atoms with E-state index in [9.17, 15) is 14.4 Å². The van der Waals surface area contributed by atoms with Crippen LogP contribution >= 0.6 is 0 Å². The summed E-state index contributed by atoms with van der Waals surface area (Å²) in [6.45, 7) is 7.46. The van der Waals surface area contributed by atoms with Gasteiger partial charge in [0.2, 0.25) is 0 Å². The molecule has 0 bridgehead atoms. The quantitative estimate of drug-likeness (QED) is 0.565. The van der Waals surface area contributed by atoms with Gasteiger partial charge in [-0.1, -0.05) is 0 Å². The number of likely N-dealkylation sites (tertiary alicyclic amines) is 1. The van der Waals surface area contributed by atoms with Gasteiger partial charge < -0.3 is 10.2 Å². The number of ketones is 1. The van der Waals surface area contributed by atoms with Gasteiger partial charge in [0.05, 0.1) is 11.1 Å². The summed E-state index contributed by atoms with van der Waals surface area (Å²) >= 11 is 0. The maximum Gasteiger partial charge on any atom is 0.272 e. The van der Waals surface area contributed by atoms with Crippen LogP contribution < -0.4 is 5.32 Å². The Labute approximate surface area is 216 Å². The number of aromatic nitrogens is 4. The Morgan fingerprint density at radius 2 is 1.89 bits per heavy atom. The van der Waals surface area contributed by atoms with Gasteiger partial charge in [-0.3, -0.25) is 24.2 Å². The Morgan fingerprint density at radius 1 is 1.14 bits per heavy atom. The monoisotopic (exact) mass is 502 g/mol. The van der Waals surface area contributed by atoms with Crippen LogP contribution in [0.3, 0.4) is 0 Å². The van der Waals surface area contributed by atoms with Crippen LogP contribution in [-0.2, 0) is 12.0 Å². The van der Waals surface area contributed by atoms with E-state index in [0.29, 0.717) is 41.8 Å². The van der Waals surface area contributed by atoms with Crippen molar-refractivity contribution in [2.24, 2.45) is 5.41 Å². The summed E-state index contributed by atoms with van der Waals surface area (Å²) in [4.78, 5) is 41.1. The van der Waals surface area contributed by atoms with Gasteiger partial charge >= 0.3 is 0 Å². The number of aromatic amines is 1. The van der Waals surface area contributed by atoms with Crippen LogP contribution in [0.4, 0.5) is 0 Å². The van der Waals surface area contributed by atoms with Crippen molar-refractivity contribution in [3.05, 3.63) is 46.9 Å². The van der Waals surface area contributed by atoms with Gasteiger partial charge in [-0.25, -0.2) is 0 Å². The second-order valence-corrected chi connectivity index (χ2v) is 12.1. The average Bonchev–Trinajstić information content (AvgIpc) is 3.45. The van der Waals surface area contributed by atoms with Gasteiger partial charge in [-0.15, -0.1) is 0 Å². The fourth-order valence-corrected chi connectivity index (χ4v) is 5.86. The van der Waals surface area contributed by atoms with Gasteiger partial charge in [0.25, 0.3) is 11.8 Å². The summed E-state index contributed by atoms with van der Waals surface area (Å²) in [6.07, 6.45) is 8.06. The van der Waals surface area contributed by atoms with E-state index in [4.69, 9.17) is 0 Å². The summed E-state index contributed by atoms with van der Waals surface area (Å²) in [6, 6.07) is 5.60. The highest BCUT2D eigenvalue weighted by molar-refractivity contribution is 6.07. The zero-order valence-corrected chi connectivity index (χ0v) is 21.8. The fourth-order valence-electron chi connectivity index (χ4n) is 5.86. The SMILES string of the molecule is CC(C)(C)n1cc2c(n1)C(=O)CC1(CCN(C(=O)c3ccc4[nH]nc(C(=O)NC5CCC5)c4c3)CC1)C2. The number of benzene rings is 1. The summed E-state index contributed by atoms with van der Waals surface area (Å²) in [5.74, 6) is -0.134. The molecule has 3 heterocycles. The lowest BCUT2D eigenvalue weighted by atomic mass is 9.67. The number of fused-ring (bicyclic) bond motifs is 2. The molecule has 1 saturated carbocycles. The summed E-state index contributed by atoms with van der Waals surface area (Å²) < 4.78 is 1.90. The first-order valence-electron chi connectivity index (χ1n) is 13.3. The van der Waals surface area contributed by atoms with Crippen LogP contribution in [0, 0.1) is 5.41 Å². The smallest absolute Gasteiger partial charge is 0.272 e. The number of Topliss-reactive ketones (excluding diaryl/α,β-unsaturated/α-hetero) is 1. The third kappa shape index (κ3) is 4.24. The normalized spacial score (nSPS) is 19.6. The summed E-state index contributed by atoms with van der Waals surface area (Å²) in [7, 11) is 0. The molecule has 0 radical (unpaired) electrons. The molecule has 6 rings (SSSR count). The minimum absolute atomic E-state index is 0.0494. The number of carbonyl (C=O) groups is 3. The van der Waals surface area contributed by atoms with E-state index in [1.807, 2.05) is 21.8 Å². The summed E-state index contributed by atoms with van der Waals surface area (Å²) in [5, 5.41) is 15.4. The van der Waals surface area contributed by atoms with Crippen molar-refractivity contribution in [1.29, 1.82) is 0 Å². The molecule has 2 aliphatic carbocycles. The predicted octanol–water partition coefficient (Wildman–Crippen LogP) is 3.85. The minimum Gasteiger partial charge on any atom is -0.348 e. The van der Waals surface area contributed by atoms with E-state index in [1.54, 1.807) is 12.1 Å². The van der Waals surface area contributed by atoms with Gasteiger partial charge in [0, 0.05) is 48.3 Å². The molecule has 3 aliphatic rings. The summed E-state index contributed by atoms with van der Waals surface area (Å²) in [5.41, 5.74) is 2.98. The lowest BCUT2D eigenvalue weighted by Crippen LogP contribution is -2.46. The van der Waals surface area contributed by atoms with Crippen LogP contribution in [0.1, 0.15) is 96.2 Å². The molecule has 0 atom stereocenters. The largest absolute Gasteiger partial charge is 0.348 e. The van der Waals surface area contributed by atoms with Crippen molar-refractivity contribution in [1.82, 2.24) is 30.2 Å². The number of carbonyl (C=O) groups excluding carboxylic acids is 3. The van der Waals surface area contributed by atoms with E-state index in [-0.39, 0.29) is 34.6 Å². The van der Waals surface area contributed by atoms with Crippen LogP contribution in [0.5, 0.6) is 0 Å². The van der Waals surface area contributed by atoms with Crippen molar-refractivity contribution in [3.63, 3.8) is 0 Å². The Bertz CT molecular complexity index is 1400. The number of hydrogen-bond acceptors (Lipinski definition) is 5. The fraction of sp³-hybridized carbons (Fsp3) is 0.536. The average molecular weight is 503 g/mol. The van der Waals surface area contributed by atoms with E-state index in [2.05, 4.69) is 41.4 Å². The molecule has 1 aromatic carbocycles. The topological polar surface area (TPSA) is 113 Å². The van der Waals surface area contributed by atoms with Gasteiger partial charge in [-0.2, -0.15) is 10.2 Å². The number of piperidine rings is 1. The molecule has 0 unspecified atom stereocenters. The van der Waals surface area contributed by atoms with Gasteiger partial charge in [0.15, 0.2) is 11.5 Å². The van der Waals surface area contributed by atoms with Crippen LogP contribution in [0.25, 0.3) is 10.9 Å². The Kier molecular flexibility index (Phi) is 5.51. The third-order valence-electron chi connectivity index (χ3n) is 8.42. The number of H-pyrrole nitrogens is 1. The van der Waals surface area contributed by atoms with Crippen molar-refractivity contribution in [2.75, 3.05) is 13.1 Å². The maximum atomic E-state index is 13.4. The van der Waals surface area contributed by atoms with Crippen LogP contribution in [0.2, 0.25) is 0 Å². The molecule has 1 saturated heterocycles. The highest BCUT2D eigenvalue weighted by atomic mass is 16.2. The first kappa shape index (κ1) is 23.9. The lowest BCUT2D eigenvalue weighted by molar-refractivity contribution is 0.0519. The predicted molar refractivity (Wildman–Crippen MR) is 139 cm³/mol. The van der Waals surface area contributed by atoms with Crippen LogP contribution in [-0.4, -0.2) is 61.6 Å². The highest BCUT2D eigenvalue weighted by Gasteiger charge is 2.43. The Balaban J connectivity index is 1.16. The molecule has 1 spiro atoms. The first-order chi connectivity index (χ1) is 17.6. The highest BCUT2D eigenvalue weighted by Crippen LogP contribution is 2.43. The molecule has 2 fully saturated rings. The molecule has 9 heteroatoms. The molecule has 194 valence electrons. The zero-order valence-electron chi connectivity index (χ0n) is 21.8. The van der Waals surface area contributed by atoms with Gasteiger partial charge in [0.1, 0.15) is 5.69 Å². The molecule has 1 aliphatic heterocycles. The molecule has 2 aromatic heterocycles. The second-order valence-electron chi connectivity index (χ2n) is 12.1. The number of rotatable bonds is 3. The first-order valence-corrected chi connectivity index (χ1v) is 13.3. The maximum absolute atomic E-state index is 13.4.